The first kappa shape index (κ1) is 12.0. The number of nitrogens with zero attached hydrogens (tertiary/aromatic N) is 1. The van der Waals surface area contributed by atoms with Gasteiger partial charge in [0.2, 0.25) is 0 Å². The lowest BCUT2D eigenvalue weighted by Crippen LogP contribution is -2.35. The molecule has 92 valence electrons. The fourth-order valence-corrected chi connectivity index (χ4v) is 1.72. The first-order valence-electron chi connectivity index (χ1n) is 5.63. The molecule has 0 aromatic heterocycles. The molecule has 0 bridgehead atoms. The Morgan fingerprint density at radius 2 is 1.61 bits per heavy atom. The number of primary amides is 1. The zero-order valence-corrected chi connectivity index (χ0v) is 9.91. The molecule has 0 aliphatic carbocycles. The Morgan fingerprint density at radius 1 is 1.00 bits per heavy atom. The van der Waals surface area contributed by atoms with Gasteiger partial charge >= 0.3 is 6.03 Å². The second kappa shape index (κ2) is 5.23. The van der Waals surface area contributed by atoms with Crippen molar-refractivity contribution >= 4 is 17.4 Å². The molecule has 2 amide bonds. The van der Waals surface area contributed by atoms with Gasteiger partial charge in [-0.1, -0.05) is 30.3 Å². The van der Waals surface area contributed by atoms with Gasteiger partial charge in [0, 0.05) is 11.4 Å². The smallest absolute Gasteiger partial charge is 0.319 e. The fourth-order valence-electron chi connectivity index (χ4n) is 1.72. The highest BCUT2D eigenvalue weighted by Gasteiger charge is 2.12. The van der Waals surface area contributed by atoms with Crippen molar-refractivity contribution in [1.82, 2.24) is 0 Å². The molecule has 0 aliphatic heterocycles. The summed E-state index contributed by atoms with van der Waals surface area (Å²) in [4.78, 5) is 13.0. The predicted molar refractivity (Wildman–Crippen MR) is 73.1 cm³/mol. The second-order valence-corrected chi connectivity index (χ2v) is 4.00. The van der Waals surface area contributed by atoms with E-state index in [9.17, 15) is 4.79 Å². The molecular weight excluding hydrogens is 226 g/mol. The van der Waals surface area contributed by atoms with Crippen LogP contribution in [0.1, 0.15) is 5.56 Å². The zero-order valence-electron chi connectivity index (χ0n) is 9.91. The molecule has 4 N–H and O–H groups in total. The van der Waals surface area contributed by atoms with Crippen LogP contribution in [0, 0.1) is 0 Å². The minimum absolute atomic E-state index is 0.445. The summed E-state index contributed by atoms with van der Waals surface area (Å²) in [5.74, 6) is 0. The first-order chi connectivity index (χ1) is 8.66. The van der Waals surface area contributed by atoms with E-state index >= 15 is 0 Å². The summed E-state index contributed by atoms with van der Waals surface area (Å²) in [6.45, 7) is 0.445. The van der Waals surface area contributed by atoms with Crippen molar-refractivity contribution in [1.29, 1.82) is 0 Å². The van der Waals surface area contributed by atoms with Crippen LogP contribution in [0.3, 0.4) is 0 Å². The highest BCUT2D eigenvalue weighted by Crippen LogP contribution is 2.18. The molecule has 0 aliphatic rings. The Hall–Kier alpha value is -2.49. The normalized spacial score (nSPS) is 10.0. The fraction of sp³-hybridized carbons (Fsp3) is 0.0714. The van der Waals surface area contributed by atoms with Gasteiger partial charge in [-0.05, 0) is 29.8 Å². The Kier molecular flexibility index (Phi) is 3.48. The predicted octanol–water partition coefficient (Wildman–Crippen LogP) is 2.35. The molecule has 0 radical (unpaired) electrons. The van der Waals surface area contributed by atoms with Gasteiger partial charge < -0.3 is 11.5 Å². The maximum absolute atomic E-state index is 11.5. The van der Waals surface area contributed by atoms with Crippen LogP contribution in [0.25, 0.3) is 0 Å². The number of hydrogen-bond donors (Lipinski definition) is 2. The molecule has 2 aromatic carbocycles. The first-order valence-corrected chi connectivity index (χ1v) is 5.63. The van der Waals surface area contributed by atoms with E-state index in [1.807, 2.05) is 30.3 Å². The minimum atomic E-state index is -0.483. The Labute approximate surface area is 106 Å². The standard InChI is InChI=1S/C14H15N3O/c15-12-6-8-13(9-7-12)17(14(16)18)10-11-4-2-1-3-5-11/h1-9H,10,15H2,(H2,16,18). The van der Waals surface area contributed by atoms with Crippen molar-refractivity contribution in [2.45, 2.75) is 6.54 Å². The summed E-state index contributed by atoms with van der Waals surface area (Å²) in [6.07, 6.45) is 0. The second-order valence-electron chi connectivity index (χ2n) is 4.00. The van der Waals surface area contributed by atoms with Crippen LogP contribution < -0.4 is 16.4 Å². The maximum atomic E-state index is 11.5. The van der Waals surface area contributed by atoms with Crippen molar-refractivity contribution in [3.05, 3.63) is 60.2 Å². The van der Waals surface area contributed by atoms with E-state index in [0.29, 0.717) is 12.2 Å². The van der Waals surface area contributed by atoms with Crippen molar-refractivity contribution in [3.8, 4) is 0 Å². The minimum Gasteiger partial charge on any atom is -0.399 e. The van der Waals surface area contributed by atoms with Crippen LogP contribution in [-0.4, -0.2) is 6.03 Å². The number of anilines is 2. The number of carbonyl (C=O) groups is 1. The third-order valence-electron chi connectivity index (χ3n) is 2.65. The van der Waals surface area contributed by atoms with E-state index in [4.69, 9.17) is 11.5 Å². The van der Waals surface area contributed by atoms with Crippen molar-refractivity contribution in [3.63, 3.8) is 0 Å². The van der Waals surface area contributed by atoms with E-state index in [1.165, 1.54) is 4.90 Å². The highest BCUT2D eigenvalue weighted by molar-refractivity contribution is 5.90. The van der Waals surface area contributed by atoms with E-state index in [1.54, 1.807) is 24.3 Å². The van der Waals surface area contributed by atoms with Crippen molar-refractivity contribution in [2.75, 3.05) is 10.6 Å². The van der Waals surface area contributed by atoms with Gasteiger partial charge in [-0.3, -0.25) is 4.90 Å². The number of nitrogen functional groups attached to an aromatic ring is 1. The highest BCUT2D eigenvalue weighted by atomic mass is 16.2. The SMILES string of the molecule is NC(=O)N(Cc1ccccc1)c1ccc(N)cc1. The molecule has 4 nitrogen and oxygen atoms in total. The number of amides is 2. The lowest BCUT2D eigenvalue weighted by molar-refractivity contribution is 0.253. The lowest BCUT2D eigenvalue weighted by atomic mass is 10.2. The summed E-state index contributed by atoms with van der Waals surface area (Å²) in [7, 11) is 0. The van der Waals surface area contributed by atoms with Crippen LogP contribution in [0.2, 0.25) is 0 Å². The Morgan fingerprint density at radius 3 is 2.17 bits per heavy atom. The van der Waals surface area contributed by atoms with Gasteiger partial charge in [0.25, 0.3) is 0 Å². The van der Waals surface area contributed by atoms with Gasteiger partial charge in [-0.25, -0.2) is 4.79 Å². The van der Waals surface area contributed by atoms with Gasteiger partial charge in [0.1, 0.15) is 0 Å². The molecule has 4 heteroatoms. The average Bonchev–Trinajstić information content (AvgIpc) is 2.38. The summed E-state index contributed by atoms with van der Waals surface area (Å²) >= 11 is 0. The number of benzene rings is 2. The average molecular weight is 241 g/mol. The third kappa shape index (κ3) is 2.79. The summed E-state index contributed by atoms with van der Waals surface area (Å²) < 4.78 is 0. The van der Waals surface area contributed by atoms with Crippen LogP contribution in [0.4, 0.5) is 16.2 Å². The number of rotatable bonds is 3. The van der Waals surface area contributed by atoms with Gasteiger partial charge in [0.05, 0.1) is 6.54 Å². The van der Waals surface area contributed by atoms with Gasteiger partial charge in [-0.2, -0.15) is 0 Å². The molecule has 0 unspecified atom stereocenters. The molecule has 0 saturated carbocycles. The Balaban J connectivity index is 2.24. The number of carbonyl (C=O) groups excluding carboxylic acids is 1. The molecule has 0 heterocycles. The maximum Gasteiger partial charge on any atom is 0.319 e. The molecule has 2 rings (SSSR count). The molecule has 0 saturated heterocycles. The van der Waals surface area contributed by atoms with Crippen molar-refractivity contribution in [2.24, 2.45) is 5.73 Å². The molecule has 0 spiro atoms. The van der Waals surface area contributed by atoms with E-state index in [0.717, 1.165) is 11.3 Å². The van der Waals surface area contributed by atoms with E-state index in [2.05, 4.69) is 0 Å². The third-order valence-corrected chi connectivity index (χ3v) is 2.65. The molecule has 0 atom stereocenters. The van der Waals surface area contributed by atoms with Crippen molar-refractivity contribution < 1.29 is 4.79 Å². The Bertz CT molecular complexity index is 522. The van der Waals surface area contributed by atoms with Gasteiger partial charge in [-0.15, -0.1) is 0 Å². The zero-order chi connectivity index (χ0) is 13.0. The lowest BCUT2D eigenvalue weighted by Gasteiger charge is -2.20. The number of urea groups is 1. The molecule has 18 heavy (non-hydrogen) atoms. The topological polar surface area (TPSA) is 72.4 Å². The van der Waals surface area contributed by atoms with Crippen LogP contribution in [0.15, 0.2) is 54.6 Å². The quantitative estimate of drug-likeness (QED) is 0.809. The molecular formula is C14H15N3O. The van der Waals surface area contributed by atoms with Crippen LogP contribution >= 0.6 is 0 Å². The number of hydrogen-bond acceptors (Lipinski definition) is 2. The number of nitrogens with two attached hydrogens (primary N) is 2. The van der Waals surface area contributed by atoms with Crippen LogP contribution in [-0.2, 0) is 6.54 Å². The summed E-state index contributed by atoms with van der Waals surface area (Å²) in [6, 6.07) is 16.3. The van der Waals surface area contributed by atoms with E-state index < -0.39 is 6.03 Å². The summed E-state index contributed by atoms with van der Waals surface area (Å²) in [5.41, 5.74) is 13.4. The van der Waals surface area contributed by atoms with E-state index in [-0.39, 0.29) is 0 Å². The summed E-state index contributed by atoms with van der Waals surface area (Å²) in [5, 5.41) is 0. The molecule has 2 aromatic rings. The monoisotopic (exact) mass is 241 g/mol. The van der Waals surface area contributed by atoms with Gasteiger partial charge in [0.15, 0.2) is 0 Å². The van der Waals surface area contributed by atoms with Crippen LogP contribution in [0.5, 0.6) is 0 Å². The molecule has 0 fully saturated rings. The largest absolute Gasteiger partial charge is 0.399 e.